The minimum atomic E-state index is -0.737. The Labute approximate surface area is 221 Å². The number of benzene rings is 3. The molecule has 0 fully saturated rings. The van der Waals surface area contributed by atoms with Gasteiger partial charge in [0.2, 0.25) is 5.91 Å². The van der Waals surface area contributed by atoms with Gasteiger partial charge in [0.15, 0.2) is 6.61 Å². The van der Waals surface area contributed by atoms with Crippen LogP contribution < -0.4 is 14.8 Å². The second kappa shape index (κ2) is 12.6. The van der Waals surface area contributed by atoms with E-state index in [1.165, 1.54) is 0 Å². The number of ether oxygens (including phenoxy) is 2. The standard InChI is InChI=1S/C29H33BrN2O4/c1-29(2,3)31-28(34)26(18-21-9-6-5-7-10-21)32(19-22-11-8-12-25(17-22)35-4)27(33)20-36-24-15-13-23(30)14-16-24/h5-17,26H,18-20H2,1-4H3,(H,31,34)/t26-/m0/s1. The first-order valence-corrected chi connectivity index (χ1v) is 12.6. The van der Waals surface area contributed by atoms with E-state index < -0.39 is 11.6 Å². The van der Waals surface area contributed by atoms with E-state index in [9.17, 15) is 9.59 Å². The van der Waals surface area contributed by atoms with Crippen LogP contribution in [0.5, 0.6) is 11.5 Å². The monoisotopic (exact) mass is 552 g/mol. The van der Waals surface area contributed by atoms with Crippen LogP contribution in [0.15, 0.2) is 83.3 Å². The number of methoxy groups -OCH3 is 1. The topological polar surface area (TPSA) is 67.9 Å². The quantitative estimate of drug-likeness (QED) is 0.366. The van der Waals surface area contributed by atoms with Gasteiger partial charge in [0.25, 0.3) is 5.91 Å². The molecule has 0 unspecified atom stereocenters. The lowest BCUT2D eigenvalue weighted by molar-refractivity contribution is -0.143. The summed E-state index contributed by atoms with van der Waals surface area (Å²) in [4.78, 5) is 28.8. The van der Waals surface area contributed by atoms with Gasteiger partial charge in [-0.1, -0.05) is 58.4 Å². The fourth-order valence-corrected chi connectivity index (χ4v) is 4.00. The molecule has 0 radical (unpaired) electrons. The maximum absolute atomic E-state index is 13.6. The van der Waals surface area contributed by atoms with Gasteiger partial charge in [0.05, 0.1) is 7.11 Å². The lowest BCUT2D eigenvalue weighted by atomic mass is 10.0. The van der Waals surface area contributed by atoms with E-state index >= 15 is 0 Å². The third-order valence-corrected chi connectivity index (χ3v) is 5.96. The van der Waals surface area contributed by atoms with Gasteiger partial charge in [-0.2, -0.15) is 0 Å². The first-order valence-electron chi connectivity index (χ1n) is 11.8. The summed E-state index contributed by atoms with van der Waals surface area (Å²) in [6.07, 6.45) is 0.372. The number of rotatable bonds is 10. The Bertz CT molecular complexity index is 1140. The molecule has 190 valence electrons. The first kappa shape index (κ1) is 27.3. The Kier molecular flexibility index (Phi) is 9.53. The largest absolute Gasteiger partial charge is 0.497 e. The highest BCUT2D eigenvalue weighted by Gasteiger charge is 2.32. The first-order chi connectivity index (χ1) is 17.1. The Morgan fingerprint density at radius 1 is 0.917 bits per heavy atom. The number of hydrogen-bond donors (Lipinski definition) is 1. The maximum atomic E-state index is 13.6. The fraction of sp³-hybridized carbons (Fsp3) is 0.310. The van der Waals surface area contributed by atoms with Crippen LogP contribution in [0.2, 0.25) is 0 Å². The minimum absolute atomic E-state index is 0.195. The molecule has 0 heterocycles. The van der Waals surface area contributed by atoms with Gasteiger partial charge in [-0.05, 0) is 68.3 Å². The van der Waals surface area contributed by atoms with Crippen LogP contribution in [0, 0.1) is 0 Å². The normalized spacial score (nSPS) is 11.9. The fourth-order valence-electron chi connectivity index (χ4n) is 3.73. The molecule has 36 heavy (non-hydrogen) atoms. The van der Waals surface area contributed by atoms with Gasteiger partial charge in [0, 0.05) is 23.0 Å². The predicted molar refractivity (Wildman–Crippen MR) is 145 cm³/mol. The highest BCUT2D eigenvalue weighted by molar-refractivity contribution is 9.10. The van der Waals surface area contributed by atoms with Crippen molar-refractivity contribution >= 4 is 27.7 Å². The molecular weight excluding hydrogens is 520 g/mol. The van der Waals surface area contributed by atoms with E-state index in [1.807, 2.05) is 87.5 Å². The molecule has 6 nitrogen and oxygen atoms in total. The van der Waals surface area contributed by atoms with Crippen molar-refractivity contribution in [1.29, 1.82) is 0 Å². The van der Waals surface area contributed by atoms with Crippen molar-refractivity contribution in [3.8, 4) is 11.5 Å². The molecule has 0 aromatic heterocycles. The van der Waals surface area contributed by atoms with Crippen LogP contribution >= 0.6 is 15.9 Å². The summed E-state index contributed by atoms with van der Waals surface area (Å²) >= 11 is 3.40. The third-order valence-electron chi connectivity index (χ3n) is 5.43. The van der Waals surface area contributed by atoms with Gasteiger partial charge in [-0.15, -0.1) is 0 Å². The van der Waals surface area contributed by atoms with Crippen LogP contribution in [0.25, 0.3) is 0 Å². The van der Waals surface area contributed by atoms with E-state index in [0.29, 0.717) is 17.9 Å². The van der Waals surface area contributed by atoms with Crippen molar-refractivity contribution in [2.24, 2.45) is 0 Å². The highest BCUT2D eigenvalue weighted by Crippen LogP contribution is 2.20. The zero-order chi connectivity index (χ0) is 26.1. The summed E-state index contributed by atoms with van der Waals surface area (Å²) in [6, 6.07) is 23.8. The Balaban J connectivity index is 1.93. The van der Waals surface area contributed by atoms with E-state index in [-0.39, 0.29) is 25.0 Å². The number of carbonyl (C=O) groups is 2. The lowest BCUT2D eigenvalue weighted by Gasteiger charge is -2.33. The van der Waals surface area contributed by atoms with E-state index in [2.05, 4.69) is 21.2 Å². The van der Waals surface area contributed by atoms with Crippen LogP contribution in [0.3, 0.4) is 0 Å². The average molecular weight is 553 g/mol. The molecule has 3 rings (SSSR count). The van der Waals surface area contributed by atoms with Gasteiger partial charge in [-0.25, -0.2) is 0 Å². The van der Waals surface area contributed by atoms with Crippen molar-refractivity contribution < 1.29 is 19.1 Å². The van der Waals surface area contributed by atoms with Gasteiger partial charge < -0.3 is 19.7 Å². The third kappa shape index (κ3) is 8.41. The second-order valence-corrected chi connectivity index (χ2v) is 10.5. The smallest absolute Gasteiger partial charge is 0.261 e. The molecule has 7 heteroatoms. The SMILES string of the molecule is COc1cccc(CN(C(=O)COc2ccc(Br)cc2)[C@@H](Cc2ccccc2)C(=O)NC(C)(C)C)c1. The number of hydrogen-bond acceptors (Lipinski definition) is 4. The van der Waals surface area contributed by atoms with Crippen LogP contribution in [0.1, 0.15) is 31.9 Å². The second-order valence-electron chi connectivity index (χ2n) is 9.56. The van der Waals surface area contributed by atoms with Crippen molar-refractivity contribution in [2.45, 2.75) is 45.3 Å². The molecule has 0 spiro atoms. The van der Waals surface area contributed by atoms with Crippen molar-refractivity contribution in [2.75, 3.05) is 13.7 Å². The molecule has 0 aliphatic rings. The van der Waals surface area contributed by atoms with Crippen molar-refractivity contribution in [1.82, 2.24) is 10.2 Å². The molecular formula is C29H33BrN2O4. The summed E-state index contributed by atoms with van der Waals surface area (Å²) in [5, 5.41) is 3.06. The summed E-state index contributed by atoms with van der Waals surface area (Å²) < 4.78 is 12.1. The maximum Gasteiger partial charge on any atom is 0.261 e. The Hall–Kier alpha value is -3.32. The molecule has 2 amide bonds. The predicted octanol–water partition coefficient (Wildman–Crippen LogP) is 5.39. The van der Waals surface area contributed by atoms with E-state index in [1.54, 1.807) is 24.1 Å². The van der Waals surface area contributed by atoms with Crippen molar-refractivity contribution in [3.63, 3.8) is 0 Å². The number of halogens is 1. The molecule has 0 saturated carbocycles. The molecule has 0 saturated heterocycles. The molecule has 0 aliphatic carbocycles. The number of nitrogens with zero attached hydrogens (tertiary/aromatic N) is 1. The molecule has 1 atom stereocenters. The zero-order valence-electron chi connectivity index (χ0n) is 21.2. The van der Waals surface area contributed by atoms with Gasteiger partial charge >= 0.3 is 0 Å². The highest BCUT2D eigenvalue weighted by atomic mass is 79.9. The Morgan fingerprint density at radius 2 is 1.58 bits per heavy atom. The Morgan fingerprint density at radius 3 is 2.22 bits per heavy atom. The van der Waals surface area contributed by atoms with Gasteiger partial charge in [-0.3, -0.25) is 9.59 Å². The zero-order valence-corrected chi connectivity index (χ0v) is 22.7. The van der Waals surface area contributed by atoms with E-state index in [4.69, 9.17) is 9.47 Å². The molecule has 1 N–H and O–H groups in total. The average Bonchev–Trinajstić information content (AvgIpc) is 2.85. The summed E-state index contributed by atoms with van der Waals surface area (Å²) in [5.74, 6) is 0.758. The summed E-state index contributed by atoms with van der Waals surface area (Å²) in [7, 11) is 1.60. The summed E-state index contributed by atoms with van der Waals surface area (Å²) in [5.41, 5.74) is 1.36. The molecule has 3 aromatic rings. The lowest BCUT2D eigenvalue weighted by Crippen LogP contribution is -2.55. The number of amides is 2. The molecule has 0 aliphatic heterocycles. The molecule has 0 bridgehead atoms. The molecule has 3 aromatic carbocycles. The number of carbonyl (C=O) groups excluding carboxylic acids is 2. The van der Waals surface area contributed by atoms with Crippen LogP contribution in [0.4, 0.5) is 0 Å². The number of nitrogens with one attached hydrogen (secondary N) is 1. The van der Waals surface area contributed by atoms with E-state index in [0.717, 1.165) is 15.6 Å². The van der Waals surface area contributed by atoms with Crippen LogP contribution in [-0.4, -0.2) is 42.0 Å². The van der Waals surface area contributed by atoms with Crippen molar-refractivity contribution in [3.05, 3.63) is 94.5 Å². The summed E-state index contributed by atoms with van der Waals surface area (Å²) in [6.45, 7) is 5.81. The minimum Gasteiger partial charge on any atom is -0.497 e. The van der Waals surface area contributed by atoms with Gasteiger partial charge in [0.1, 0.15) is 17.5 Å². The van der Waals surface area contributed by atoms with Crippen LogP contribution in [-0.2, 0) is 22.6 Å².